The first kappa shape index (κ1) is 82.6. The van der Waals surface area contributed by atoms with E-state index in [1.165, 1.54) is 379 Å². The Morgan fingerprint density at radius 1 is 0.321 bits per heavy atom. The number of nitrogens with one attached hydrogen (secondary N) is 1. The summed E-state index contributed by atoms with van der Waals surface area (Å²) in [7, 11) is 0. The molecule has 500 valence electrons. The summed E-state index contributed by atoms with van der Waals surface area (Å²) in [5.41, 5.74) is 0. The number of esters is 1. The highest BCUT2D eigenvalue weighted by atomic mass is 16.5. The fourth-order valence-corrected chi connectivity index (χ4v) is 12.6. The number of ether oxygens (including phenoxy) is 1. The molecule has 84 heavy (non-hydrogen) atoms. The van der Waals surface area contributed by atoms with E-state index in [0.717, 1.165) is 38.5 Å². The van der Waals surface area contributed by atoms with Crippen LogP contribution in [0, 0.1) is 0 Å². The number of amides is 1. The van der Waals surface area contributed by atoms with Crippen LogP contribution in [0.4, 0.5) is 0 Å². The number of hydrogen-bond acceptors (Lipinski definition) is 5. The molecular formula is C78H153NO5. The second-order valence-corrected chi connectivity index (χ2v) is 27.0. The monoisotopic (exact) mass is 1180 g/mol. The van der Waals surface area contributed by atoms with Crippen LogP contribution in [-0.2, 0) is 14.3 Å². The molecule has 0 heterocycles. The maximum absolute atomic E-state index is 12.6. The Labute approximate surface area is 527 Å². The first-order valence-electron chi connectivity index (χ1n) is 38.9. The van der Waals surface area contributed by atoms with Crippen molar-refractivity contribution in [2.45, 2.75) is 463 Å². The molecule has 0 fully saturated rings. The third kappa shape index (κ3) is 69.7. The summed E-state index contributed by atoms with van der Waals surface area (Å²) in [5.74, 6) is -0.00660. The van der Waals surface area contributed by atoms with E-state index in [2.05, 4.69) is 31.3 Å². The van der Waals surface area contributed by atoms with Gasteiger partial charge in [-0.15, -0.1) is 0 Å². The standard InChI is InChI=1S/C78H153NO5/c1-3-5-7-9-11-13-15-17-19-21-23-35-38-42-46-50-54-58-62-66-70-76(81)75(74-80)79-77(82)71-67-63-59-55-51-47-43-39-36-33-31-29-27-25-24-26-28-30-32-34-37-41-45-49-53-57-61-65-69-73-84-78(83)72-68-64-60-56-52-48-44-40-22-20-18-16-14-12-10-8-6-4-2/h24,26,75-76,80-81H,3-23,25,27-74H2,1-2H3,(H,79,82)/b26-24-. The van der Waals surface area contributed by atoms with Gasteiger partial charge in [0.05, 0.1) is 25.4 Å². The Bertz CT molecular complexity index is 1270. The molecule has 0 bridgehead atoms. The van der Waals surface area contributed by atoms with E-state index < -0.39 is 12.1 Å². The van der Waals surface area contributed by atoms with Gasteiger partial charge in [0.25, 0.3) is 0 Å². The molecule has 0 rings (SSSR count). The van der Waals surface area contributed by atoms with Crippen molar-refractivity contribution < 1.29 is 24.5 Å². The van der Waals surface area contributed by atoms with Crippen molar-refractivity contribution in [1.82, 2.24) is 5.32 Å². The largest absolute Gasteiger partial charge is 0.466 e. The van der Waals surface area contributed by atoms with Crippen LogP contribution in [-0.4, -0.2) is 47.4 Å². The number of carbonyl (C=O) groups is 2. The maximum Gasteiger partial charge on any atom is 0.305 e. The molecule has 0 saturated carbocycles. The van der Waals surface area contributed by atoms with Crippen LogP contribution >= 0.6 is 0 Å². The van der Waals surface area contributed by atoms with Gasteiger partial charge in [0, 0.05) is 12.8 Å². The number of aliphatic hydroxyl groups excluding tert-OH is 2. The lowest BCUT2D eigenvalue weighted by atomic mass is 10.0. The molecule has 0 spiro atoms. The molecule has 6 heteroatoms. The van der Waals surface area contributed by atoms with Crippen molar-refractivity contribution in [1.29, 1.82) is 0 Å². The van der Waals surface area contributed by atoms with E-state index in [9.17, 15) is 19.8 Å². The molecular weight excluding hydrogens is 1030 g/mol. The molecule has 2 atom stereocenters. The van der Waals surface area contributed by atoms with Gasteiger partial charge in [-0.25, -0.2) is 0 Å². The normalized spacial score (nSPS) is 12.5. The third-order valence-electron chi connectivity index (χ3n) is 18.6. The zero-order chi connectivity index (χ0) is 60.6. The summed E-state index contributed by atoms with van der Waals surface area (Å²) in [6.07, 6.45) is 92.9. The number of aliphatic hydroxyl groups is 2. The lowest BCUT2D eigenvalue weighted by Gasteiger charge is -2.22. The van der Waals surface area contributed by atoms with Gasteiger partial charge in [0.2, 0.25) is 5.91 Å². The fraction of sp³-hybridized carbons (Fsp3) is 0.949. The van der Waals surface area contributed by atoms with Gasteiger partial charge in [0.15, 0.2) is 0 Å². The SMILES string of the molecule is CCCCCCCCCCCCCCCCCCCCCCC(O)C(CO)NC(=O)CCCCCCCCCCCCCCC/C=C\CCCCCCCCCCCCCCOC(=O)CCCCCCCCCCCCCCCCCCCC. The first-order chi connectivity index (χ1) is 41.5. The van der Waals surface area contributed by atoms with Gasteiger partial charge in [0.1, 0.15) is 0 Å². The van der Waals surface area contributed by atoms with Crippen LogP contribution in [0.25, 0.3) is 0 Å². The average molecular weight is 1190 g/mol. The average Bonchev–Trinajstić information content (AvgIpc) is 3.51. The van der Waals surface area contributed by atoms with E-state index in [-0.39, 0.29) is 18.5 Å². The van der Waals surface area contributed by atoms with E-state index in [1.807, 2.05) is 0 Å². The third-order valence-corrected chi connectivity index (χ3v) is 18.6. The quantitative estimate of drug-likeness (QED) is 0.0320. The van der Waals surface area contributed by atoms with E-state index in [1.54, 1.807) is 0 Å². The lowest BCUT2D eigenvalue weighted by molar-refractivity contribution is -0.143. The van der Waals surface area contributed by atoms with E-state index in [4.69, 9.17) is 4.74 Å². The van der Waals surface area contributed by atoms with Gasteiger partial charge >= 0.3 is 5.97 Å². The van der Waals surface area contributed by atoms with Gasteiger partial charge in [-0.2, -0.15) is 0 Å². The van der Waals surface area contributed by atoms with Crippen LogP contribution in [0.15, 0.2) is 12.2 Å². The predicted molar refractivity (Wildman–Crippen MR) is 370 cm³/mol. The number of unbranched alkanes of at least 4 members (excludes halogenated alkanes) is 61. The van der Waals surface area contributed by atoms with Gasteiger partial charge in [-0.1, -0.05) is 398 Å². The molecule has 0 radical (unpaired) electrons. The summed E-state index contributed by atoms with van der Waals surface area (Å²) >= 11 is 0. The van der Waals surface area contributed by atoms with Crippen LogP contribution < -0.4 is 5.32 Å². The molecule has 0 saturated heterocycles. The van der Waals surface area contributed by atoms with Crippen molar-refractivity contribution in [3.05, 3.63) is 12.2 Å². The molecule has 0 aliphatic heterocycles. The van der Waals surface area contributed by atoms with Crippen molar-refractivity contribution >= 4 is 11.9 Å². The second-order valence-electron chi connectivity index (χ2n) is 27.0. The first-order valence-corrected chi connectivity index (χ1v) is 38.9. The van der Waals surface area contributed by atoms with Crippen LogP contribution in [0.5, 0.6) is 0 Å². The number of hydrogen-bond donors (Lipinski definition) is 3. The van der Waals surface area contributed by atoms with Gasteiger partial charge in [-0.3, -0.25) is 9.59 Å². The highest BCUT2D eigenvalue weighted by Gasteiger charge is 2.20. The molecule has 2 unspecified atom stereocenters. The zero-order valence-electron chi connectivity index (χ0n) is 57.4. The minimum absolute atomic E-state index is 0.0223. The summed E-state index contributed by atoms with van der Waals surface area (Å²) in [6.45, 7) is 5.01. The highest BCUT2D eigenvalue weighted by Crippen LogP contribution is 2.20. The Morgan fingerprint density at radius 2 is 0.560 bits per heavy atom. The maximum atomic E-state index is 12.6. The van der Waals surface area contributed by atoms with Crippen LogP contribution in [0.1, 0.15) is 450 Å². The molecule has 6 nitrogen and oxygen atoms in total. The van der Waals surface area contributed by atoms with Crippen molar-refractivity contribution in [2.24, 2.45) is 0 Å². The Balaban J connectivity index is 3.35. The topological polar surface area (TPSA) is 95.9 Å². The summed E-state index contributed by atoms with van der Waals surface area (Å²) < 4.78 is 5.52. The molecule has 3 N–H and O–H groups in total. The molecule has 0 aromatic rings. The van der Waals surface area contributed by atoms with Gasteiger partial charge in [-0.05, 0) is 51.4 Å². The van der Waals surface area contributed by atoms with Crippen LogP contribution in [0.2, 0.25) is 0 Å². The van der Waals surface area contributed by atoms with Crippen molar-refractivity contribution in [2.75, 3.05) is 13.2 Å². The minimum Gasteiger partial charge on any atom is -0.466 e. The molecule has 0 aromatic heterocycles. The molecule has 0 aliphatic carbocycles. The predicted octanol–water partition coefficient (Wildman–Crippen LogP) is 25.5. The molecule has 0 aliphatic rings. The number of rotatable bonds is 74. The minimum atomic E-state index is -0.664. The summed E-state index contributed by atoms with van der Waals surface area (Å²) in [5, 5.41) is 23.4. The fourth-order valence-electron chi connectivity index (χ4n) is 12.6. The van der Waals surface area contributed by atoms with Crippen molar-refractivity contribution in [3.8, 4) is 0 Å². The van der Waals surface area contributed by atoms with Crippen LogP contribution in [0.3, 0.4) is 0 Å². The smallest absolute Gasteiger partial charge is 0.305 e. The van der Waals surface area contributed by atoms with Crippen molar-refractivity contribution in [3.63, 3.8) is 0 Å². The van der Waals surface area contributed by atoms with E-state index >= 15 is 0 Å². The number of carbonyl (C=O) groups excluding carboxylic acids is 2. The zero-order valence-corrected chi connectivity index (χ0v) is 57.4. The Hall–Kier alpha value is -1.40. The Morgan fingerprint density at radius 3 is 0.845 bits per heavy atom. The van der Waals surface area contributed by atoms with E-state index in [0.29, 0.717) is 25.9 Å². The lowest BCUT2D eigenvalue weighted by Crippen LogP contribution is -2.45. The Kier molecular flexibility index (Phi) is 72.8. The number of allylic oxidation sites excluding steroid dienone is 2. The summed E-state index contributed by atoms with van der Waals surface area (Å²) in [6, 6.07) is -0.541. The molecule has 0 aromatic carbocycles. The molecule has 1 amide bonds. The second kappa shape index (κ2) is 74.1. The highest BCUT2D eigenvalue weighted by molar-refractivity contribution is 5.76. The summed E-state index contributed by atoms with van der Waals surface area (Å²) in [4.78, 5) is 24.7. The van der Waals surface area contributed by atoms with Gasteiger partial charge < -0.3 is 20.3 Å².